The summed E-state index contributed by atoms with van der Waals surface area (Å²) in [5, 5.41) is -0.774. The fraction of sp³-hybridized carbons (Fsp3) is 0.167. The van der Waals surface area contributed by atoms with Crippen LogP contribution >= 0.6 is 11.6 Å². The molecule has 1 heterocycles. The van der Waals surface area contributed by atoms with Gasteiger partial charge in [0.25, 0.3) is 0 Å². The van der Waals surface area contributed by atoms with Crippen molar-refractivity contribution in [3.05, 3.63) is 28.3 Å². The van der Waals surface area contributed by atoms with Crippen LogP contribution in [-0.4, -0.2) is 4.98 Å². The van der Waals surface area contributed by atoms with Crippen molar-refractivity contribution in [1.29, 1.82) is 0 Å². The number of nitrogens with zero attached hydrogens (tertiary/aromatic N) is 1. The van der Waals surface area contributed by atoms with E-state index in [1.807, 2.05) is 0 Å². The van der Waals surface area contributed by atoms with Crippen molar-refractivity contribution in [1.82, 2.24) is 4.98 Å². The van der Waals surface area contributed by atoms with Gasteiger partial charge in [-0.1, -0.05) is 11.6 Å². The molecular weight excluding hydrogens is 179 g/mol. The Kier molecular flexibility index (Phi) is 2.04. The molecule has 0 aromatic carbocycles. The monoisotopic (exact) mass is 181 g/mol. The van der Waals surface area contributed by atoms with Crippen LogP contribution in [0.5, 0.6) is 0 Å². The largest absolute Gasteiger partial charge is 0.237 e. The van der Waals surface area contributed by atoms with Crippen LogP contribution in [-0.2, 0) is 0 Å². The lowest BCUT2D eigenvalue weighted by Crippen LogP contribution is -1.98. The molecule has 0 saturated heterocycles. The molecule has 0 aliphatic rings. The first-order chi connectivity index (χ1) is 5.04. The number of hydrogen-bond acceptors (Lipinski definition) is 1. The Labute approximate surface area is 65.8 Å². The second-order valence-electron chi connectivity index (χ2n) is 1.95. The molecule has 1 rings (SSSR count). The van der Waals surface area contributed by atoms with Crippen LogP contribution in [0, 0.1) is 24.6 Å². The Morgan fingerprint density at radius 3 is 2.27 bits per heavy atom. The predicted octanol–water partition coefficient (Wildman–Crippen LogP) is 2.46. The highest BCUT2D eigenvalue weighted by atomic mass is 35.5. The van der Waals surface area contributed by atoms with Gasteiger partial charge in [0.2, 0.25) is 11.9 Å². The van der Waals surface area contributed by atoms with Gasteiger partial charge in [-0.2, -0.15) is 13.8 Å². The highest BCUT2D eigenvalue weighted by Crippen LogP contribution is 2.20. The van der Waals surface area contributed by atoms with Gasteiger partial charge in [-0.3, -0.25) is 0 Å². The first-order valence-electron chi connectivity index (χ1n) is 2.70. The van der Waals surface area contributed by atoms with E-state index < -0.39 is 22.7 Å². The quantitative estimate of drug-likeness (QED) is 0.561. The van der Waals surface area contributed by atoms with E-state index >= 15 is 0 Å². The maximum absolute atomic E-state index is 12.6. The Hall–Kier alpha value is -0.770. The summed E-state index contributed by atoms with van der Waals surface area (Å²) in [5.74, 6) is -3.60. The zero-order chi connectivity index (χ0) is 8.59. The zero-order valence-corrected chi connectivity index (χ0v) is 6.22. The van der Waals surface area contributed by atoms with E-state index in [1.54, 1.807) is 0 Å². The Balaban J connectivity index is 3.46. The van der Waals surface area contributed by atoms with Crippen molar-refractivity contribution in [2.45, 2.75) is 6.92 Å². The van der Waals surface area contributed by atoms with Crippen LogP contribution in [0.15, 0.2) is 0 Å². The minimum absolute atomic E-state index is 0.378. The second kappa shape index (κ2) is 2.70. The first-order valence-corrected chi connectivity index (χ1v) is 3.08. The number of halogens is 4. The van der Waals surface area contributed by atoms with Gasteiger partial charge in [-0.15, -0.1) is 0 Å². The van der Waals surface area contributed by atoms with Gasteiger partial charge >= 0.3 is 0 Å². The molecule has 1 aromatic rings. The van der Waals surface area contributed by atoms with Crippen molar-refractivity contribution in [2.75, 3.05) is 0 Å². The molecule has 0 fully saturated rings. The SMILES string of the molecule is Cc1c(F)nc(F)c(Cl)c1F. The molecule has 0 amide bonds. The Bertz CT molecular complexity index is 274. The molecule has 1 nitrogen and oxygen atoms in total. The van der Waals surface area contributed by atoms with Gasteiger partial charge < -0.3 is 0 Å². The van der Waals surface area contributed by atoms with Gasteiger partial charge in [-0.25, -0.2) is 4.39 Å². The smallest absolute Gasteiger partial charge is 0.205 e. The molecule has 0 N–H and O–H groups in total. The first kappa shape index (κ1) is 8.33. The van der Waals surface area contributed by atoms with Gasteiger partial charge in [0.15, 0.2) is 5.82 Å². The summed E-state index contributed by atoms with van der Waals surface area (Å²) in [4.78, 5) is 2.73. The van der Waals surface area contributed by atoms with Crippen LogP contribution in [0.3, 0.4) is 0 Å². The van der Waals surface area contributed by atoms with Crippen LogP contribution in [0.1, 0.15) is 5.56 Å². The second-order valence-corrected chi connectivity index (χ2v) is 2.32. The number of aromatic nitrogens is 1. The lowest BCUT2D eigenvalue weighted by atomic mass is 10.3. The maximum atomic E-state index is 12.6. The minimum atomic E-state index is -1.33. The van der Waals surface area contributed by atoms with Gasteiger partial charge in [0.05, 0.1) is 0 Å². The molecule has 0 radical (unpaired) electrons. The molecule has 60 valence electrons. The Morgan fingerprint density at radius 2 is 1.73 bits per heavy atom. The van der Waals surface area contributed by atoms with Crippen LogP contribution in [0.2, 0.25) is 5.02 Å². The van der Waals surface area contributed by atoms with Crippen LogP contribution in [0.25, 0.3) is 0 Å². The third-order valence-corrected chi connectivity index (χ3v) is 1.53. The summed E-state index contributed by atoms with van der Waals surface area (Å²) < 4.78 is 37.3. The lowest BCUT2D eigenvalue weighted by Gasteiger charge is -1.99. The molecule has 0 atom stereocenters. The zero-order valence-electron chi connectivity index (χ0n) is 5.46. The predicted molar refractivity (Wildman–Crippen MR) is 33.9 cm³/mol. The molecular formula is C6H3ClF3N. The molecule has 1 aromatic heterocycles. The van der Waals surface area contributed by atoms with E-state index in [1.165, 1.54) is 0 Å². The summed E-state index contributed by atoms with van der Waals surface area (Å²) in [6.45, 7) is 1.13. The van der Waals surface area contributed by atoms with E-state index in [0.29, 0.717) is 0 Å². The van der Waals surface area contributed by atoms with Gasteiger partial charge in [0.1, 0.15) is 5.02 Å². The van der Waals surface area contributed by atoms with Crippen molar-refractivity contribution < 1.29 is 13.2 Å². The molecule has 0 saturated carbocycles. The molecule has 0 aliphatic carbocycles. The molecule has 0 spiro atoms. The van der Waals surface area contributed by atoms with Crippen LogP contribution < -0.4 is 0 Å². The fourth-order valence-electron chi connectivity index (χ4n) is 0.565. The summed E-state index contributed by atoms with van der Waals surface area (Å²) in [7, 11) is 0. The molecule has 11 heavy (non-hydrogen) atoms. The molecule has 0 unspecified atom stereocenters. The normalized spacial score (nSPS) is 10.3. The van der Waals surface area contributed by atoms with Crippen molar-refractivity contribution in [3.8, 4) is 0 Å². The summed E-state index contributed by atoms with van der Waals surface area (Å²) in [6.07, 6.45) is 0. The highest BCUT2D eigenvalue weighted by Gasteiger charge is 2.14. The number of hydrogen-bond donors (Lipinski definition) is 0. The lowest BCUT2D eigenvalue weighted by molar-refractivity contribution is 0.479. The van der Waals surface area contributed by atoms with E-state index in [9.17, 15) is 13.2 Å². The van der Waals surface area contributed by atoms with E-state index in [2.05, 4.69) is 4.98 Å². The average molecular weight is 182 g/mol. The van der Waals surface area contributed by atoms with Crippen LogP contribution in [0.4, 0.5) is 13.2 Å². The standard InChI is InChI=1S/C6H3ClF3N/c1-2-4(8)3(7)6(10)11-5(2)9/h1H3. The van der Waals surface area contributed by atoms with E-state index in [4.69, 9.17) is 11.6 Å². The van der Waals surface area contributed by atoms with Gasteiger partial charge in [0, 0.05) is 5.56 Å². The summed E-state index contributed by atoms with van der Waals surface area (Å²) >= 11 is 5.08. The van der Waals surface area contributed by atoms with E-state index in [0.717, 1.165) is 6.92 Å². The topological polar surface area (TPSA) is 12.9 Å². The minimum Gasteiger partial charge on any atom is -0.205 e. The molecule has 0 bridgehead atoms. The highest BCUT2D eigenvalue weighted by molar-refractivity contribution is 6.30. The summed E-state index contributed by atoms with van der Waals surface area (Å²) in [5.41, 5.74) is -0.378. The van der Waals surface area contributed by atoms with Crippen molar-refractivity contribution in [3.63, 3.8) is 0 Å². The third kappa shape index (κ3) is 1.30. The van der Waals surface area contributed by atoms with Gasteiger partial charge in [-0.05, 0) is 6.92 Å². The Morgan fingerprint density at radius 1 is 1.18 bits per heavy atom. The summed E-state index contributed by atoms with van der Waals surface area (Å²) in [6, 6.07) is 0. The number of pyridine rings is 1. The fourth-order valence-corrected chi connectivity index (χ4v) is 0.749. The van der Waals surface area contributed by atoms with Crippen molar-refractivity contribution >= 4 is 11.6 Å². The van der Waals surface area contributed by atoms with Crippen molar-refractivity contribution in [2.24, 2.45) is 0 Å². The average Bonchev–Trinajstić information content (AvgIpc) is 1.97. The van der Waals surface area contributed by atoms with E-state index in [-0.39, 0.29) is 5.56 Å². The number of rotatable bonds is 0. The maximum Gasteiger partial charge on any atom is 0.237 e. The molecule has 5 heteroatoms. The third-order valence-electron chi connectivity index (χ3n) is 1.21. The molecule has 0 aliphatic heterocycles.